The van der Waals surface area contributed by atoms with E-state index in [0.717, 1.165) is 18.3 Å². The van der Waals surface area contributed by atoms with Gasteiger partial charge in [0.25, 0.3) is 0 Å². The molecule has 0 spiro atoms. The number of hydrogen-bond acceptors (Lipinski definition) is 1. The third-order valence-electron chi connectivity index (χ3n) is 13.1. The monoisotopic (exact) mass is 426 g/mol. The molecule has 4 saturated carbocycles. The Morgan fingerprint density at radius 2 is 1.35 bits per heavy atom. The zero-order chi connectivity index (χ0) is 22.7. The van der Waals surface area contributed by atoms with E-state index < -0.39 is 0 Å². The molecule has 5 rings (SSSR count). The zero-order valence-electron chi connectivity index (χ0n) is 21.9. The maximum absolute atomic E-state index is 10.8. The van der Waals surface area contributed by atoms with Crippen LogP contribution in [0, 0.1) is 50.2 Å². The van der Waals surface area contributed by atoms with Gasteiger partial charge in [0, 0.05) is 5.41 Å². The van der Waals surface area contributed by atoms with Crippen molar-refractivity contribution in [2.45, 2.75) is 126 Å². The topological polar surface area (TPSA) is 20.2 Å². The van der Waals surface area contributed by atoms with Gasteiger partial charge in [-0.1, -0.05) is 67.0 Å². The largest absolute Gasteiger partial charge is 0.392 e. The molecule has 1 N–H and O–H groups in total. The molecule has 0 heterocycles. The third-order valence-corrected chi connectivity index (χ3v) is 13.1. The van der Waals surface area contributed by atoms with Gasteiger partial charge in [0.2, 0.25) is 0 Å². The highest BCUT2D eigenvalue weighted by atomic mass is 16.3. The lowest BCUT2D eigenvalue weighted by atomic mass is 9.31. The smallest absolute Gasteiger partial charge is 0.0628 e. The lowest BCUT2D eigenvalue weighted by Crippen LogP contribution is -2.65. The first-order chi connectivity index (χ1) is 14.2. The number of fused-ring (bicyclic) bond motifs is 7. The maximum Gasteiger partial charge on any atom is 0.0628 e. The van der Waals surface area contributed by atoms with Crippen molar-refractivity contribution in [1.82, 2.24) is 0 Å². The molecule has 0 aliphatic heterocycles. The Balaban J connectivity index is 1.57. The molecule has 31 heavy (non-hydrogen) atoms. The minimum absolute atomic E-state index is 0.0446. The highest BCUT2D eigenvalue weighted by Gasteiger charge is 2.69. The van der Waals surface area contributed by atoms with E-state index in [9.17, 15) is 5.11 Å². The number of allylic oxidation sites excluding steroid dienone is 1. The fourth-order valence-electron chi connectivity index (χ4n) is 10.4. The van der Waals surface area contributed by atoms with Crippen LogP contribution in [-0.4, -0.2) is 11.2 Å². The molecule has 8 atom stereocenters. The van der Waals surface area contributed by atoms with Crippen LogP contribution in [-0.2, 0) is 0 Å². The summed E-state index contributed by atoms with van der Waals surface area (Å²) < 4.78 is 0. The first kappa shape index (κ1) is 22.5. The average molecular weight is 427 g/mol. The van der Waals surface area contributed by atoms with E-state index in [1.54, 1.807) is 5.57 Å². The molecular weight excluding hydrogens is 376 g/mol. The summed E-state index contributed by atoms with van der Waals surface area (Å²) in [6, 6.07) is 0. The number of aliphatic hydroxyl groups excluding tert-OH is 1. The lowest BCUT2D eigenvalue weighted by molar-refractivity contribution is -0.230. The Hall–Kier alpha value is -0.300. The lowest BCUT2D eigenvalue weighted by Gasteiger charge is -2.73. The van der Waals surface area contributed by atoms with Crippen molar-refractivity contribution in [3.8, 4) is 0 Å². The second-order valence-corrected chi connectivity index (χ2v) is 15.2. The van der Waals surface area contributed by atoms with E-state index in [4.69, 9.17) is 0 Å². The van der Waals surface area contributed by atoms with Crippen molar-refractivity contribution in [2.75, 3.05) is 0 Å². The molecule has 0 aromatic rings. The fraction of sp³-hybridized carbons (Fsp3) is 0.933. The van der Waals surface area contributed by atoms with Gasteiger partial charge in [-0.25, -0.2) is 0 Å². The summed E-state index contributed by atoms with van der Waals surface area (Å²) in [4.78, 5) is 0. The van der Waals surface area contributed by atoms with Crippen LogP contribution in [0.1, 0.15) is 120 Å². The van der Waals surface area contributed by atoms with E-state index in [2.05, 4.69) is 61.5 Å². The Morgan fingerprint density at radius 3 is 2.06 bits per heavy atom. The van der Waals surface area contributed by atoms with Crippen LogP contribution in [0.4, 0.5) is 0 Å². The van der Waals surface area contributed by atoms with Crippen molar-refractivity contribution in [3.05, 3.63) is 11.6 Å². The molecular formula is C30H50O. The van der Waals surface area contributed by atoms with Crippen LogP contribution in [0.3, 0.4) is 0 Å². The Bertz CT molecular complexity index is 790. The standard InChI is InChI=1S/C30H50O/c1-25(2)13-14-27(5)15-17-29(7)22-11-9-20-21(10-12-24(31)26(20,3)4)28(22,6)16-18-30(29,8)23(27)19-25/h9,21-24,31H,10-19H2,1-8H3/t21-,22+,23-,24-,27-,28+,29-,30+/m1/s1. The quantitative estimate of drug-likeness (QED) is 0.387. The number of rotatable bonds is 0. The first-order valence-corrected chi connectivity index (χ1v) is 13.6. The van der Waals surface area contributed by atoms with Gasteiger partial charge < -0.3 is 5.11 Å². The summed E-state index contributed by atoms with van der Waals surface area (Å²) >= 11 is 0. The Kier molecular flexibility index (Phi) is 4.66. The minimum Gasteiger partial charge on any atom is -0.392 e. The molecule has 0 radical (unpaired) electrons. The van der Waals surface area contributed by atoms with Gasteiger partial charge >= 0.3 is 0 Å². The minimum atomic E-state index is -0.167. The molecule has 5 aliphatic carbocycles. The average Bonchev–Trinajstić information content (AvgIpc) is 2.68. The van der Waals surface area contributed by atoms with E-state index in [-0.39, 0.29) is 11.5 Å². The first-order valence-electron chi connectivity index (χ1n) is 13.6. The van der Waals surface area contributed by atoms with E-state index in [1.807, 2.05) is 0 Å². The van der Waals surface area contributed by atoms with Crippen molar-refractivity contribution >= 4 is 0 Å². The zero-order valence-corrected chi connectivity index (χ0v) is 21.9. The molecule has 0 saturated heterocycles. The van der Waals surface area contributed by atoms with Gasteiger partial charge in [-0.05, 0) is 109 Å². The summed E-state index contributed by atoms with van der Waals surface area (Å²) in [6.07, 6.45) is 15.9. The predicted molar refractivity (Wildman–Crippen MR) is 131 cm³/mol. The van der Waals surface area contributed by atoms with E-state index in [0.29, 0.717) is 33.0 Å². The van der Waals surface area contributed by atoms with Crippen molar-refractivity contribution < 1.29 is 5.11 Å². The van der Waals surface area contributed by atoms with E-state index >= 15 is 0 Å². The second-order valence-electron chi connectivity index (χ2n) is 15.2. The summed E-state index contributed by atoms with van der Waals surface area (Å²) in [5.74, 6) is 2.36. The van der Waals surface area contributed by atoms with Gasteiger partial charge in [-0.15, -0.1) is 0 Å². The van der Waals surface area contributed by atoms with Crippen molar-refractivity contribution in [1.29, 1.82) is 0 Å². The third kappa shape index (κ3) is 2.77. The molecule has 0 aromatic heterocycles. The van der Waals surface area contributed by atoms with E-state index in [1.165, 1.54) is 57.8 Å². The summed E-state index contributed by atoms with van der Waals surface area (Å²) in [7, 11) is 0. The molecule has 5 aliphatic rings. The van der Waals surface area contributed by atoms with Gasteiger partial charge in [0.15, 0.2) is 0 Å². The highest BCUT2D eigenvalue weighted by Crippen LogP contribution is 2.77. The molecule has 0 unspecified atom stereocenters. The highest BCUT2D eigenvalue weighted by molar-refractivity contribution is 5.30. The van der Waals surface area contributed by atoms with Crippen LogP contribution >= 0.6 is 0 Å². The molecule has 1 heteroatoms. The van der Waals surface area contributed by atoms with Gasteiger partial charge in [0.05, 0.1) is 6.10 Å². The number of hydrogen-bond donors (Lipinski definition) is 1. The summed E-state index contributed by atoms with van der Waals surface area (Å²) in [6.45, 7) is 20.5. The van der Waals surface area contributed by atoms with Crippen LogP contribution in [0.5, 0.6) is 0 Å². The summed E-state index contributed by atoms with van der Waals surface area (Å²) in [5, 5.41) is 10.8. The molecule has 0 aromatic carbocycles. The molecule has 4 fully saturated rings. The van der Waals surface area contributed by atoms with Crippen LogP contribution in [0.2, 0.25) is 0 Å². The molecule has 176 valence electrons. The molecule has 1 nitrogen and oxygen atoms in total. The van der Waals surface area contributed by atoms with Crippen molar-refractivity contribution in [2.24, 2.45) is 50.2 Å². The van der Waals surface area contributed by atoms with Crippen molar-refractivity contribution in [3.63, 3.8) is 0 Å². The van der Waals surface area contributed by atoms with Gasteiger partial charge in [-0.3, -0.25) is 0 Å². The van der Waals surface area contributed by atoms with Gasteiger partial charge in [-0.2, -0.15) is 0 Å². The Labute approximate surface area is 192 Å². The SMILES string of the molecule is CC1(C)CC[C@]2(C)CC[C@]3(C)[C@H]4CC=C5[C@@H](CC[C@@H](O)C5(C)C)[C@]4(C)CC[C@@]3(C)[C@@H]2C1. The maximum atomic E-state index is 10.8. The van der Waals surface area contributed by atoms with Crippen LogP contribution < -0.4 is 0 Å². The number of aliphatic hydroxyl groups is 1. The molecule has 0 amide bonds. The normalized spacial score (nSPS) is 55.2. The predicted octanol–water partition coefficient (Wildman–Crippen LogP) is 8.17. The van der Waals surface area contributed by atoms with Gasteiger partial charge in [0.1, 0.15) is 0 Å². The molecule has 0 bridgehead atoms. The van der Waals surface area contributed by atoms with Crippen LogP contribution in [0.25, 0.3) is 0 Å². The Morgan fingerprint density at radius 1 is 0.742 bits per heavy atom. The van der Waals surface area contributed by atoms with Crippen LogP contribution in [0.15, 0.2) is 11.6 Å². The fourth-order valence-corrected chi connectivity index (χ4v) is 10.4. The second kappa shape index (κ2) is 6.43. The summed E-state index contributed by atoms with van der Waals surface area (Å²) in [5.41, 5.74) is 3.96.